The van der Waals surface area contributed by atoms with E-state index >= 15 is 0 Å². The largest absolute Gasteiger partial charge is 0.465 e. The summed E-state index contributed by atoms with van der Waals surface area (Å²) >= 11 is 18.0. The number of anilines is 1. The molecule has 0 bridgehead atoms. The lowest BCUT2D eigenvalue weighted by atomic mass is 10.1. The molecule has 3 aromatic rings. The smallest absolute Gasteiger partial charge is 0.339 e. The molecule has 0 unspecified atom stereocenters. The molecule has 1 heterocycles. The first-order chi connectivity index (χ1) is 15.1. The van der Waals surface area contributed by atoms with Crippen LogP contribution in [0.5, 0.6) is 0 Å². The van der Waals surface area contributed by atoms with Gasteiger partial charge in [-0.05, 0) is 76.6 Å². The number of hydrogen-bond donors (Lipinski definition) is 3. The van der Waals surface area contributed by atoms with Crippen molar-refractivity contribution in [1.29, 1.82) is 0 Å². The van der Waals surface area contributed by atoms with Crippen LogP contribution in [0, 0.1) is 14.1 Å². The van der Waals surface area contributed by atoms with Gasteiger partial charge in [-0.15, -0.1) is 11.8 Å². The maximum Gasteiger partial charge on any atom is 0.339 e. The van der Waals surface area contributed by atoms with Crippen molar-refractivity contribution in [2.75, 3.05) is 25.9 Å². The van der Waals surface area contributed by atoms with Gasteiger partial charge in [0.15, 0.2) is 0 Å². The summed E-state index contributed by atoms with van der Waals surface area (Å²) in [7, 11) is 2.66. The molecule has 12 heteroatoms. The van der Waals surface area contributed by atoms with Crippen LogP contribution < -0.4 is 11.3 Å². The van der Waals surface area contributed by atoms with E-state index in [1.165, 1.54) is 14.2 Å². The number of benzene rings is 2. The Morgan fingerprint density at radius 2 is 1.62 bits per heavy atom. The highest BCUT2D eigenvalue weighted by Gasteiger charge is 2.20. The van der Waals surface area contributed by atoms with Crippen molar-refractivity contribution in [2.24, 2.45) is 5.84 Å². The molecule has 0 saturated heterocycles. The van der Waals surface area contributed by atoms with Gasteiger partial charge in [0, 0.05) is 23.1 Å². The number of thioether (sulfide) groups is 1. The molecule has 0 aliphatic heterocycles. The van der Waals surface area contributed by atoms with Crippen LogP contribution in [0.3, 0.4) is 0 Å². The number of carbonyl (C=O) groups excluding carboxylic acids is 2. The van der Waals surface area contributed by atoms with Crippen molar-refractivity contribution in [3.63, 3.8) is 0 Å². The Labute approximate surface area is 226 Å². The van der Waals surface area contributed by atoms with Gasteiger partial charge in [-0.25, -0.2) is 9.59 Å². The van der Waals surface area contributed by atoms with Gasteiger partial charge in [0.25, 0.3) is 0 Å². The second-order valence-electron chi connectivity index (χ2n) is 6.19. The molecule has 0 aliphatic rings. The predicted molar refractivity (Wildman–Crippen MR) is 147 cm³/mol. The average Bonchev–Trinajstić information content (AvgIpc) is 3.13. The number of nitrogens with two attached hydrogens (primary N) is 1. The highest BCUT2D eigenvalue weighted by molar-refractivity contribution is 14.1. The molecule has 0 fully saturated rings. The minimum atomic E-state index is -0.462. The minimum Gasteiger partial charge on any atom is -0.465 e. The fraction of sp³-hybridized carbons (Fsp3) is 0.200. The Morgan fingerprint density at radius 1 is 1.06 bits per heavy atom. The van der Waals surface area contributed by atoms with E-state index in [1.54, 1.807) is 30.0 Å². The predicted octanol–water partition coefficient (Wildman–Crippen LogP) is 6.26. The quantitative estimate of drug-likeness (QED) is 0.0961. The number of nitrogens with one attached hydrogen (secondary N) is 2. The van der Waals surface area contributed by atoms with E-state index in [2.05, 4.69) is 37.7 Å². The molecular weight excluding hydrogens is 703 g/mol. The first-order valence-electron chi connectivity index (χ1n) is 8.77. The molecule has 1 aromatic heterocycles. The number of rotatable bonds is 4. The van der Waals surface area contributed by atoms with Crippen LogP contribution in [0.15, 0.2) is 23.1 Å². The van der Waals surface area contributed by atoms with E-state index in [-0.39, 0.29) is 0 Å². The number of aromatic nitrogens is 1. The van der Waals surface area contributed by atoms with Gasteiger partial charge in [-0.2, -0.15) is 0 Å². The normalized spacial score (nSPS) is 10.4. The zero-order chi connectivity index (χ0) is 24.2. The van der Waals surface area contributed by atoms with Gasteiger partial charge in [0.05, 0.1) is 46.6 Å². The van der Waals surface area contributed by atoms with Crippen LogP contribution >= 0.6 is 80.1 Å². The van der Waals surface area contributed by atoms with Crippen molar-refractivity contribution in [3.05, 3.63) is 52.2 Å². The molecule has 172 valence electrons. The van der Waals surface area contributed by atoms with Crippen molar-refractivity contribution in [2.45, 2.75) is 11.8 Å². The van der Waals surface area contributed by atoms with E-state index in [0.717, 1.165) is 28.6 Å². The average molecular weight is 722 g/mol. The Morgan fingerprint density at radius 3 is 2.16 bits per heavy atom. The van der Waals surface area contributed by atoms with E-state index in [1.807, 2.05) is 35.8 Å². The van der Waals surface area contributed by atoms with Crippen LogP contribution in [0.1, 0.15) is 26.4 Å². The third-order valence-corrected chi connectivity index (χ3v) is 7.69. The molecule has 32 heavy (non-hydrogen) atoms. The molecule has 0 aliphatic carbocycles. The number of nitrogen functional groups attached to an aromatic ring is 1. The molecule has 2 aromatic carbocycles. The highest BCUT2D eigenvalue weighted by atomic mass is 127. The third kappa shape index (κ3) is 5.76. The Bertz CT molecular complexity index is 1190. The number of ether oxygens (including phenoxy) is 2. The molecule has 3 rings (SSSR count). The maximum atomic E-state index is 11.7. The molecule has 4 N–H and O–H groups in total. The summed E-state index contributed by atoms with van der Waals surface area (Å²) in [6, 6.07) is 4.94. The lowest BCUT2D eigenvalue weighted by molar-refractivity contribution is 0.0592. The third-order valence-electron chi connectivity index (χ3n) is 4.32. The second kappa shape index (κ2) is 12.0. The number of aryl methyl sites for hydroxylation is 1. The van der Waals surface area contributed by atoms with Crippen LogP contribution in [0.25, 0.3) is 10.9 Å². The van der Waals surface area contributed by atoms with Gasteiger partial charge in [-0.3, -0.25) is 5.84 Å². The first-order valence-corrected chi connectivity index (χ1v) is 12.9. The van der Waals surface area contributed by atoms with Crippen molar-refractivity contribution < 1.29 is 19.1 Å². The lowest BCUT2D eigenvalue weighted by Crippen LogP contribution is -2.10. The number of halogens is 4. The van der Waals surface area contributed by atoms with Crippen LogP contribution in [0.4, 0.5) is 5.69 Å². The second-order valence-corrected chi connectivity index (χ2v) is 10.1. The van der Waals surface area contributed by atoms with E-state index < -0.39 is 11.9 Å². The van der Waals surface area contributed by atoms with Gasteiger partial charge >= 0.3 is 11.9 Å². The number of fused-ring (bicyclic) bond motifs is 1. The van der Waals surface area contributed by atoms with Crippen molar-refractivity contribution >= 4 is 109 Å². The van der Waals surface area contributed by atoms with Gasteiger partial charge in [0.2, 0.25) is 0 Å². The number of aromatic amines is 1. The SMILES string of the molecule is COC(=O)c1cc(I)c(NN)cc1Cl.COC(=O)c1cc(I)c2[nH]c(C)c(SC)c2c1Cl. The summed E-state index contributed by atoms with van der Waals surface area (Å²) in [5.41, 5.74) is 5.91. The van der Waals surface area contributed by atoms with Crippen LogP contribution in [-0.2, 0) is 9.47 Å². The summed E-state index contributed by atoms with van der Waals surface area (Å²) in [6.07, 6.45) is 1.99. The molecule has 7 nitrogen and oxygen atoms in total. The summed E-state index contributed by atoms with van der Waals surface area (Å²) in [4.78, 5) is 27.3. The summed E-state index contributed by atoms with van der Waals surface area (Å²) in [6.45, 7) is 2.00. The fourth-order valence-electron chi connectivity index (χ4n) is 2.83. The van der Waals surface area contributed by atoms with Gasteiger partial charge in [-0.1, -0.05) is 23.2 Å². The number of hydrogen-bond acceptors (Lipinski definition) is 7. The standard InChI is InChI=1S/C12H11ClINO2S.C8H8ClIN2O2/c1-5-11(18-3)8-9(13)6(12(16)17-2)4-7(14)10(8)15-5;1-14-8(13)4-2-6(10)7(12-11)3-5(4)9/h4,15H,1-3H3;2-3,12H,11H2,1H3. The lowest BCUT2D eigenvalue weighted by Gasteiger charge is -2.07. The Kier molecular flexibility index (Phi) is 10.2. The van der Waals surface area contributed by atoms with Crippen molar-refractivity contribution in [3.8, 4) is 0 Å². The number of carbonyl (C=O) groups is 2. The van der Waals surface area contributed by atoms with E-state index in [4.69, 9.17) is 33.8 Å². The summed E-state index contributed by atoms with van der Waals surface area (Å²) in [5.74, 6) is 4.38. The minimum absolute atomic E-state index is 0.310. The van der Waals surface area contributed by atoms with Crippen molar-refractivity contribution in [1.82, 2.24) is 4.98 Å². The number of hydrazine groups is 1. The maximum absolute atomic E-state index is 11.7. The zero-order valence-electron chi connectivity index (χ0n) is 17.4. The molecule has 0 amide bonds. The topological polar surface area (TPSA) is 106 Å². The molecule has 0 saturated carbocycles. The van der Waals surface area contributed by atoms with E-state index in [9.17, 15) is 9.59 Å². The van der Waals surface area contributed by atoms with Crippen LogP contribution in [0.2, 0.25) is 10.0 Å². The first kappa shape index (κ1) is 27.3. The van der Waals surface area contributed by atoms with Gasteiger partial charge < -0.3 is 19.9 Å². The highest BCUT2D eigenvalue weighted by Crippen LogP contribution is 2.39. The number of esters is 2. The molecular formula is C20H19Cl2I2N3O4S. The number of methoxy groups -OCH3 is 2. The van der Waals surface area contributed by atoms with E-state index in [0.29, 0.717) is 26.9 Å². The number of H-pyrrole nitrogens is 1. The summed E-state index contributed by atoms with van der Waals surface area (Å²) in [5, 5.41) is 1.66. The summed E-state index contributed by atoms with van der Waals surface area (Å²) < 4.78 is 11.1. The molecule has 0 atom stereocenters. The van der Waals surface area contributed by atoms with Crippen LogP contribution in [-0.4, -0.2) is 37.4 Å². The molecule has 0 spiro atoms. The zero-order valence-corrected chi connectivity index (χ0v) is 24.0. The Hall–Kier alpha value is -0.930. The molecule has 0 radical (unpaired) electrons. The monoisotopic (exact) mass is 721 g/mol. The fourth-order valence-corrected chi connectivity index (χ4v) is 5.55. The Balaban J connectivity index is 0.000000235. The van der Waals surface area contributed by atoms with Gasteiger partial charge in [0.1, 0.15) is 0 Å².